The first-order valence-corrected chi connectivity index (χ1v) is 5.90. The summed E-state index contributed by atoms with van der Waals surface area (Å²) >= 11 is 0. The van der Waals surface area contributed by atoms with Crippen LogP contribution in [0, 0.1) is 5.82 Å². The van der Waals surface area contributed by atoms with Gasteiger partial charge in [0, 0.05) is 0 Å². The molecule has 6 heteroatoms. The molecule has 1 heterocycles. The van der Waals surface area contributed by atoms with Crippen molar-refractivity contribution in [3.63, 3.8) is 0 Å². The SMILES string of the molecule is CCCCCCCOc1nc(NN)ncc1F. The molecule has 0 aliphatic carbocycles. The minimum absolute atomic E-state index is 0.0524. The first kappa shape index (κ1) is 13.6. The van der Waals surface area contributed by atoms with E-state index in [9.17, 15) is 4.39 Å². The van der Waals surface area contributed by atoms with E-state index < -0.39 is 5.82 Å². The number of hydrazine groups is 1. The third-order valence-electron chi connectivity index (χ3n) is 2.33. The summed E-state index contributed by atoms with van der Waals surface area (Å²) in [5.41, 5.74) is 2.24. The Hall–Kier alpha value is -1.43. The Balaban J connectivity index is 2.30. The lowest BCUT2D eigenvalue weighted by molar-refractivity contribution is 0.277. The highest BCUT2D eigenvalue weighted by Crippen LogP contribution is 2.14. The normalized spacial score (nSPS) is 10.3. The van der Waals surface area contributed by atoms with E-state index in [2.05, 4.69) is 22.3 Å². The molecule has 1 aromatic rings. The van der Waals surface area contributed by atoms with E-state index in [0.717, 1.165) is 19.0 Å². The van der Waals surface area contributed by atoms with E-state index in [1.807, 2.05) is 0 Å². The van der Waals surface area contributed by atoms with Gasteiger partial charge in [0.15, 0.2) is 0 Å². The zero-order valence-electron chi connectivity index (χ0n) is 10.1. The van der Waals surface area contributed by atoms with Gasteiger partial charge in [0.1, 0.15) is 0 Å². The molecule has 1 aromatic heterocycles. The summed E-state index contributed by atoms with van der Waals surface area (Å²) in [4.78, 5) is 7.40. The number of rotatable bonds is 8. The standard InChI is InChI=1S/C11H19FN4O/c1-2-3-4-5-6-7-17-10-9(12)8-14-11(15-10)16-13/h8H,2-7,13H2,1H3,(H,14,15,16). The predicted molar refractivity (Wildman–Crippen MR) is 64.1 cm³/mol. The summed E-state index contributed by atoms with van der Waals surface area (Å²) in [5, 5.41) is 0. The van der Waals surface area contributed by atoms with E-state index >= 15 is 0 Å². The fourth-order valence-electron chi connectivity index (χ4n) is 1.40. The Morgan fingerprint density at radius 2 is 2.12 bits per heavy atom. The highest BCUT2D eigenvalue weighted by Gasteiger charge is 2.07. The van der Waals surface area contributed by atoms with Gasteiger partial charge in [-0.15, -0.1) is 0 Å². The molecule has 0 unspecified atom stereocenters. The smallest absolute Gasteiger partial charge is 0.255 e. The number of nitrogens with one attached hydrogen (secondary N) is 1. The van der Waals surface area contributed by atoms with Crippen LogP contribution < -0.4 is 16.0 Å². The lowest BCUT2D eigenvalue weighted by atomic mass is 10.2. The Morgan fingerprint density at radius 3 is 2.82 bits per heavy atom. The van der Waals surface area contributed by atoms with Crippen molar-refractivity contribution >= 4 is 5.95 Å². The van der Waals surface area contributed by atoms with Crippen LogP contribution >= 0.6 is 0 Å². The zero-order valence-corrected chi connectivity index (χ0v) is 10.1. The van der Waals surface area contributed by atoms with Crippen LogP contribution in [0.1, 0.15) is 39.0 Å². The number of nitrogen functional groups attached to an aromatic ring is 1. The second kappa shape index (κ2) is 7.78. The van der Waals surface area contributed by atoms with Gasteiger partial charge in [-0.2, -0.15) is 9.37 Å². The second-order valence-electron chi connectivity index (χ2n) is 3.75. The van der Waals surface area contributed by atoms with Crippen LogP contribution in [0.4, 0.5) is 10.3 Å². The molecule has 0 aromatic carbocycles. The highest BCUT2D eigenvalue weighted by atomic mass is 19.1. The van der Waals surface area contributed by atoms with E-state index in [4.69, 9.17) is 10.6 Å². The number of aromatic nitrogens is 2. The van der Waals surface area contributed by atoms with Crippen molar-refractivity contribution < 1.29 is 9.13 Å². The van der Waals surface area contributed by atoms with Crippen LogP contribution in [0.5, 0.6) is 5.88 Å². The molecule has 0 bridgehead atoms. The van der Waals surface area contributed by atoms with Gasteiger partial charge in [0.2, 0.25) is 11.8 Å². The maximum atomic E-state index is 13.2. The van der Waals surface area contributed by atoms with Crippen molar-refractivity contribution in [2.45, 2.75) is 39.0 Å². The van der Waals surface area contributed by atoms with E-state index in [1.54, 1.807) is 0 Å². The number of nitrogens with two attached hydrogens (primary N) is 1. The molecule has 0 amide bonds. The van der Waals surface area contributed by atoms with Crippen LogP contribution in [0.25, 0.3) is 0 Å². The van der Waals surface area contributed by atoms with Crippen molar-refractivity contribution in [1.82, 2.24) is 9.97 Å². The minimum Gasteiger partial charge on any atom is -0.475 e. The summed E-state index contributed by atoms with van der Waals surface area (Å²) in [6, 6.07) is 0. The number of hydrogen-bond donors (Lipinski definition) is 2. The molecule has 0 fully saturated rings. The molecule has 3 N–H and O–H groups in total. The van der Waals surface area contributed by atoms with Crippen LogP contribution in [0.2, 0.25) is 0 Å². The summed E-state index contributed by atoms with van der Waals surface area (Å²) in [5.74, 6) is 4.65. The predicted octanol–water partition coefficient (Wildman–Crippen LogP) is 2.25. The molecular weight excluding hydrogens is 223 g/mol. The van der Waals surface area contributed by atoms with Crippen molar-refractivity contribution in [3.8, 4) is 5.88 Å². The van der Waals surface area contributed by atoms with Crippen LogP contribution in [-0.2, 0) is 0 Å². The summed E-state index contributed by atoms with van der Waals surface area (Å²) in [6.07, 6.45) is 6.63. The van der Waals surface area contributed by atoms with Gasteiger partial charge >= 0.3 is 0 Å². The Morgan fingerprint density at radius 1 is 1.35 bits per heavy atom. The number of hydrogen-bond acceptors (Lipinski definition) is 5. The number of ether oxygens (including phenoxy) is 1. The zero-order chi connectivity index (χ0) is 12.5. The van der Waals surface area contributed by atoms with E-state index in [-0.39, 0.29) is 11.8 Å². The maximum absolute atomic E-state index is 13.2. The summed E-state index contributed by atoms with van der Waals surface area (Å²) in [6.45, 7) is 2.62. The van der Waals surface area contributed by atoms with Crippen molar-refractivity contribution in [2.75, 3.05) is 12.0 Å². The molecule has 5 nitrogen and oxygen atoms in total. The Kier molecular flexibility index (Phi) is 6.24. The molecule has 96 valence electrons. The topological polar surface area (TPSA) is 73.1 Å². The first-order chi connectivity index (χ1) is 8.27. The molecule has 17 heavy (non-hydrogen) atoms. The fraction of sp³-hybridized carbons (Fsp3) is 0.636. The molecule has 0 saturated carbocycles. The number of nitrogens with zero attached hydrogens (tertiary/aromatic N) is 2. The third-order valence-corrected chi connectivity index (χ3v) is 2.33. The molecular formula is C11H19FN4O. The summed E-state index contributed by atoms with van der Waals surface area (Å²) in [7, 11) is 0. The fourth-order valence-corrected chi connectivity index (χ4v) is 1.40. The maximum Gasteiger partial charge on any atom is 0.255 e. The minimum atomic E-state index is -0.572. The van der Waals surface area contributed by atoms with E-state index in [1.165, 1.54) is 19.3 Å². The van der Waals surface area contributed by atoms with Gasteiger partial charge in [-0.25, -0.2) is 10.8 Å². The van der Waals surface area contributed by atoms with Gasteiger partial charge in [-0.05, 0) is 6.42 Å². The molecule has 0 spiro atoms. The number of unbranched alkanes of at least 4 members (excludes halogenated alkanes) is 4. The number of halogens is 1. The summed E-state index contributed by atoms with van der Waals surface area (Å²) < 4.78 is 18.5. The molecule has 0 aliphatic heterocycles. The Labute approximate surface area is 101 Å². The lowest BCUT2D eigenvalue weighted by Gasteiger charge is -2.07. The van der Waals surface area contributed by atoms with Crippen molar-refractivity contribution in [3.05, 3.63) is 12.0 Å². The quantitative estimate of drug-likeness (QED) is 0.415. The molecule has 0 aliphatic rings. The van der Waals surface area contributed by atoms with Gasteiger partial charge < -0.3 is 4.74 Å². The van der Waals surface area contributed by atoms with Crippen LogP contribution in [0.3, 0.4) is 0 Å². The second-order valence-corrected chi connectivity index (χ2v) is 3.75. The third kappa shape index (κ3) is 4.95. The molecule has 0 atom stereocenters. The van der Waals surface area contributed by atoms with Gasteiger partial charge in [0.25, 0.3) is 5.88 Å². The van der Waals surface area contributed by atoms with Crippen LogP contribution in [0.15, 0.2) is 6.20 Å². The van der Waals surface area contributed by atoms with Gasteiger partial charge in [0.05, 0.1) is 12.8 Å². The molecule has 0 saturated heterocycles. The van der Waals surface area contributed by atoms with Crippen LogP contribution in [-0.4, -0.2) is 16.6 Å². The monoisotopic (exact) mass is 242 g/mol. The van der Waals surface area contributed by atoms with E-state index in [0.29, 0.717) is 6.61 Å². The van der Waals surface area contributed by atoms with Gasteiger partial charge in [-0.1, -0.05) is 32.6 Å². The van der Waals surface area contributed by atoms with Crippen molar-refractivity contribution in [2.24, 2.45) is 5.84 Å². The van der Waals surface area contributed by atoms with Crippen molar-refractivity contribution in [1.29, 1.82) is 0 Å². The molecule has 1 rings (SSSR count). The average Bonchev–Trinajstić information content (AvgIpc) is 2.35. The largest absolute Gasteiger partial charge is 0.475 e. The lowest BCUT2D eigenvalue weighted by Crippen LogP contribution is -2.12. The molecule has 0 radical (unpaired) electrons. The van der Waals surface area contributed by atoms with Gasteiger partial charge in [-0.3, -0.25) is 5.43 Å². The number of anilines is 1. The average molecular weight is 242 g/mol. The Bertz CT molecular complexity index is 335. The highest BCUT2D eigenvalue weighted by molar-refractivity contribution is 5.26. The first-order valence-electron chi connectivity index (χ1n) is 5.90.